The maximum absolute atomic E-state index is 13.2. The van der Waals surface area contributed by atoms with Crippen LogP contribution < -0.4 is 9.47 Å². The summed E-state index contributed by atoms with van der Waals surface area (Å²) >= 11 is 0. The van der Waals surface area contributed by atoms with Crippen molar-refractivity contribution in [1.29, 1.82) is 0 Å². The van der Waals surface area contributed by atoms with E-state index in [0.29, 0.717) is 22.6 Å². The smallest absolute Gasteiger partial charge is 0.343 e. The first-order valence-corrected chi connectivity index (χ1v) is 13.3. The van der Waals surface area contributed by atoms with Crippen molar-refractivity contribution in [2.75, 3.05) is 0 Å². The standard InChI is InChI=1S/C33H38O4/c1-32(2,3)22-33(4,5)26-20-27(23-14-12-13-15-23)29(37-31(35)25-18-10-7-11-19-25)28(21-26)36-30(34)24-16-8-6-9-17-24/h6-11,16-21,23H,12-15,22H2,1-5H3. The zero-order valence-corrected chi connectivity index (χ0v) is 22.7. The van der Waals surface area contributed by atoms with Crippen LogP contribution >= 0.6 is 0 Å². The van der Waals surface area contributed by atoms with Crippen LogP contribution in [0.2, 0.25) is 0 Å². The molecule has 4 heteroatoms. The molecule has 194 valence electrons. The summed E-state index contributed by atoms with van der Waals surface area (Å²) in [6.45, 7) is 11.2. The summed E-state index contributed by atoms with van der Waals surface area (Å²) in [7, 11) is 0. The molecule has 1 saturated carbocycles. The van der Waals surface area contributed by atoms with Crippen molar-refractivity contribution in [2.24, 2.45) is 5.41 Å². The average molecular weight is 499 g/mol. The summed E-state index contributed by atoms with van der Waals surface area (Å²) in [4.78, 5) is 26.4. The second-order valence-electron chi connectivity index (χ2n) is 12.0. The van der Waals surface area contributed by atoms with Crippen molar-refractivity contribution < 1.29 is 19.1 Å². The molecule has 0 heterocycles. The van der Waals surface area contributed by atoms with Crippen LogP contribution in [-0.2, 0) is 5.41 Å². The lowest BCUT2D eigenvalue weighted by atomic mass is 9.71. The Morgan fingerprint density at radius 1 is 0.757 bits per heavy atom. The molecule has 37 heavy (non-hydrogen) atoms. The molecule has 0 aromatic heterocycles. The molecule has 0 radical (unpaired) electrons. The van der Waals surface area contributed by atoms with Gasteiger partial charge in [0, 0.05) is 5.56 Å². The van der Waals surface area contributed by atoms with Crippen molar-refractivity contribution in [3.05, 3.63) is 95.1 Å². The zero-order valence-electron chi connectivity index (χ0n) is 22.7. The third-order valence-electron chi connectivity index (χ3n) is 7.05. The summed E-state index contributed by atoms with van der Waals surface area (Å²) in [6.07, 6.45) is 5.24. The van der Waals surface area contributed by atoms with E-state index in [1.807, 2.05) is 30.3 Å². The number of benzene rings is 3. The molecule has 1 aliphatic rings. The predicted molar refractivity (Wildman–Crippen MR) is 148 cm³/mol. The van der Waals surface area contributed by atoms with E-state index in [9.17, 15) is 9.59 Å². The van der Waals surface area contributed by atoms with E-state index in [1.54, 1.807) is 36.4 Å². The van der Waals surface area contributed by atoms with Crippen LogP contribution in [0.25, 0.3) is 0 Å². The van der Waals surface area contributed by atoms with Gasteiger partial charge in [-0.15, -0.1) is 0 Å². The molecule has 0 N–H and O–H groups in total. The molecule has 0 spiro atoms. The maximum Gasteiger partial charge on any atom is 0.343 e. The number of carbonyl (C=O) groups is 2. The second kappa shape index (κ2) is 10.9. The molecule has 0 bridgehead atoms. The Bertz CT molecular complexity index is 1230. The van der Waals surface area contributed by atoms with Gasteiger partial charge in [-0.1, -0.05) is 89.9 Å². The normalized spacial score (nSPS) is 14.4. The summed E-state index contributed by atoms with van der Waals surface area (Å²) < 4.78 is 12.1. The van der Waals surface area contributed by atoms with E-state index in [-0.39, 0.29) is 16.7 Å². The van der Waals surface area contributed by atoms with Crippen LogP contribution in [0.4, 0.5) is 0 Å². The van der Waals surface area contributed by atoms with Gasteiger partial charge < -0.3 is 9.47 Å². The minimum atomic E-state index is -0.472. The van der Waals surface area contributed by atoms with Crippen LogP contribution in [-0.4, -0.2) is 11.9 Å². The highest BCUT2D eigenvalue weighted by Crippen LogP contribution is 2.47. The largest absolute Gasteiger partial charge is 0.419 e. The highest BCUT2D eigenvalue weighted by atomic mass is 16.6. The van der Waals surface area contributed by atoms with Gasteiger partial charge in [-0.2, -0.15) is 0 Å². The molecule has 3 aromatic rings. The van der Waals surface area contributed by atoms with Crippen LogP contribution in [0, 0.1) is 5.41 Å². The van der Waals surface area contributed by atoms with E-state index < -0.39 is 11.9 Å². The van der Waals surface area contributed by atoms with E-state index in [4.69, 9.17) is 9.47 Å². The van der Waals surface area contributed by atoms with Gasteiger partial charge in [0.2, 0.25) is 0 Å². The highest BCUT2D eigenvalue weighted by Gasteiger charge is 2.33. The number of hydrogen-bond donors (Lipinski definition) is 0. The molecule has 1 fully saturated rings. The minimum Gasteiger partial charge on any atom is -0.419 e. The fourth-order valence-corrected chi connectivity index (χ4v) is 5.63. The third kappa shape index (κ3) is 6.68. The van der Waals surface area contributed by atoms with Crippen molar-refractivity contribution >= 4 is 11.9 Å². The van der Waals surface area contributed by atoms with Crippen LogP contribution in [0.5, 0.6) is 11.5 Å². The molecule has 4 rings (SSSR count). The second-order valence-corrected chi connectivity index (χ2v) is 12.0. The Balaban J connectivity index is 1.84. The van der Waals surface area contributed by atoms with Crippen LogP contribution in [0.15, 0.2) is 72.8 Å². The molecule has 4 nitrogen and oxygen atoms in total. The Hall–Kier alpha value is -3.40. The fourth-order valence-electron chi connectivity index (χ4n) is 5.63. The lowest BCUT2D eigenvalue weighted by molar-refractivity contribution is 0.0680. The van der Waals surface area contributed by atoms with E-state index in [0.717, 1.165) is 43.2 Å². The zero-order chi connectivity index (χ0) is 26.6. The highest BCUT2D eigenvalue weighted by molar-refractivity contribution is 5.93. The Morgan fingerprint density at radius 2 is 1.27 bits per heavy atom. The number of carbonyl (C=O) groups excluding carboxylic acids is 2. The van der Waals surface area contributed by atoms with Crippen LogP contribution in [0.3, 0.4) is 0 Å². The first-order valence-electron chi connectivity index (χ1n) is 13.3. The van der Waals surface area contributed by atoms with E-state index >= 15 is 0 Å². The monoisotopic (exact) mass is 498 g/mol. The van der Waals surface area contributed by atoms with Gasteiger partial charge in [0.25, 0.3) is 0 Å². The number of ether oxygens (including phenoxy) is 2. The first kappa shape index (κ1) is 26.7. The molecular weight excluding hydrogens is 460 g/mol. The van der Waals surface area contributed by atoms with Gasteiger partial charge in [0.15, 0.2) is 11.5 Å². The predicted octanol–water partition coefficient (Wildman–Crippen LogP) is 8.50. The molecule has 0 unspecified atom stereocenters. The fraction of sp³-hybridized carbons (Fsp3) is 0.394. The molecule has 0 atom stereocenters. The summed E-state index contributed by atoms with van der Waals surface area (Å²) in [6, 6.07) is 21.9. The van der Waals surface area contributed by atoms with Gasteiger partial charge in [-0.05, 0) is 71.9 Å². The van der Waals surface area contributed by atoms with E-state index in [1.165, 1.54) is 0 Å². The first-order chi connectivity index (χ1) is 17.5. The molecule has 0 amide bonds. The lowest BCUT2D eigenvalue weighted by Gasteiger charge is -2.34. The van der Waals surface area contributed by atoms with Gasteiger partial charge >= 0.3 is 11.9 Å². The number of hydrogen-bond acceptors (Lipinski definition) is 4. The summed E-state index contributed by atoms with van der Waals surface area (Å²) in [5.41, 5.74) is 2.87. The maximum atomic E-state index is 13.2. The molecule has 3 aromatic carbocycles. The molecule has 0 aliphatic heterocycles. The van der Waals surface area contributed by atoms with Crippen molar-refractivity contribution in [3.63, 3.8) is 0 Å². The van der Waals surface area contributed by atoms with Gasteiger partial charge in [0.1, 0.15) is 0 Å². The van der Waals surface area contributed by atoms with Crippen molar-refractivity contribution in [3.8, 4) is 11.5 Å². The molecule has 1 aliphatic carbocycles. The van der Waals surface area contributed by atoms with Crippen molar-refractivity contribution in [2.45, 2.75) is 78.1 Å². The third-order valence-corrected chi connectivity index (χ3v) is 7.05. The minimum absolute atomic E-state index is 0.107. The van der Waals surface area contributed by atoms with Crippen LogP contribution in [0.1, 0.15) is 104 Å². The van der Waals surface area contributed by atoms with E-state index in [2.05, 4.69) is 40.7 Å². The Kier molecular flexibility index (Phi) is 7.87. The number of esters is 2. The average Bonchev–Trinajstić information content (AvgIpc) is 3.39. The summed E-state index contributed by atoms with van der Waals surface area (Å²) in [5, 5.41) is 0. The SMILES string of the molecule is CC(C)(C)CC(C)(C)c1cc(OC(=O)c2ccccc2)c(OC(=O)c2ccccc2)c(C2CCCC2)c1. The number of rotatable bonds is 7. The van der Waals surface area contributed by atoms with Gasteiger partial charge in [-0.3, -0.25) is 0 Å². The quantitative estimate of drug-likeness (QED) is 0.242. The lowest BCUT2D eigenvalue weighted by Crippen LogP contribution is -2.25. The van der Waals surface area contributed by atoms with Gasteiger partial charge in [-0.25, -0.2) is 9.59 Å². The Labute approximate surface area is 221 Å². The Morgan fingerprint density at radius 3 is 1.78 bits per heavy atom. The molecule has 0 saturated heterocycles. The van der Waals surface area contributed by atoms with Crippen molar-refractivity contribution in [1.82, 2.24) is 0 Å². The molecular formula is C33H38O4. The van der Waals surface area contributed by atoms with Gasteiger partial charge in [0.05, 0.1) is 11.1 Å². The topological polar surface area (TPSA) is 52.6 Å². The summed E-state index contributed by atoms with van der Waals surface area (Å²) in [5.74, 6) is -0.0164.